The summed E-state index contributed by atoms with van der Waals surface area (Å²) in [4.78, 5) is 35.1. The first-order valence-electron chi connectivity index (χ1n) is 8.73. The summed E-state index contributed by atoms with van der Waals surface area (Å²) >= 11 is 7.11. The topological polar surface area (TPSA) is 85.2 Å². The lowest BCUT2D eigenvalue weighted by Crippen LogP contribution is -2.60. The Labute approximate surface area is 160 Å². The van der Waals surface area contributed by atoms with E-state index in [1.54, 1.807) is 7.05 Å². The van der Waals surface area contributed by atoms with Crippen molar-refractivity contribution in [1.82, 2.24) is 24.0 Å². The maximum atomic E-state index is 13.2. The average Bonchev–Trinajstić information content (AvgIpc) is 3.18. The van der Waals surface area contributed by atoms with Crippen LogP contribution in [-0.4, -0.2) is 50.3 Å². The molecule has 142 valence electrons. The quantitative estimate of drug-likeness (QED) is 0.528. The van der Waals surface area contributed by atoms with Crippen LogP contribution >= 0.6 is 11.6 Å². The fraction of sp³-hybridized carbons (Fsp3) is 0.389. The van der Waals surface area contributed by atoms with E-state index in [2.05, 4.69) is 9.97 Å². The molecule has 1 aliphatic rings. The molecule has 0 spiro atoms. The van der Waals surface area contributed by atoms with Gasteiger partial charge in [-0.3, -0.25) is 14.3 Å². The predicted octanol–water partition coefficient (Wildman–Crippen LogP) is 0.847. The molecule has 1 unspecified atom stereocenters. The maximum absolute atomic E-state index is 13.2. The number of halogens is 1. The summed E-state index contributed by atoms with van der Waals surface area (Å²) in [7, 11) is 1.58. The molecule has 1 fully saturated rings. The van der Waals surface area contributed by atoms with Crippen molar-refractivity contribution >= 4 is 22.8 Å². The number of H-pyrrole nitrogens is 1. The molecule has 0 saturated carbocycles. The van der Waals surface area contributed by atoms with Crippen LogP contribution in [-0.2, 0) is 23.3 Å². The Hall–Kier alpha value is -2.42. The minimum Gasteiger partial charge on any atom is -0.379 e. The number of hydrogen-bond donors (Lipinski definition) is 1. The third kappa shape index (κ3) is 2.99. The molecule has 8 nitrogen and oxygen atoms in total. The van der Waals surface area contributed by atoms with Crippen LogP contribution in [0, 0.1) is 0 Å². The Morgan fingerprint density at radius 2 is 1.93 bits per heavy atom. The van der Waals surface area contributed by atoms with Gasteiger partial charge >= 0.3 is 5.69 Å². The molecule has 0 aliphatic carbocycles. The minimum atomic E-state index is -1.35. The van der Waals surface area contributed by atoms with Crippen molar-refractivity contribution in [2.45, 2.75) is 11.5 Å². The highest BCUT2D eigenvalue weighted by atomic mass is 35.5. The standard InChI is InChI=1S/C18H20ClN5O3/c1-22-15-14(20-12-21-15)16(25)24(17(22)26)18(19,23-7-9-27-10-8-23)11-13-5-3-2-4-6-13/h2-6,12H,7-11H2,1H3,(H,20,21). The number of nitrogens with one attached hydrogen (secondary N) is 1. The summed E-state index contributed by atoms with van der Waals surface area (Å²) in [5.41, 5.74) is 0.503. The van der Waals surface area contributed by atoms with E-state index in [-0.39, 0.29) is 5.52 Å². The third-order valence-electron chi connectivity index (χ3n) is 4.94. The van der Waals surface area contributed by atoms with Crippen LogP contribution < -0.4 is 11.2 Å². The van der Waals surface area contributed by atoms with Gasteiger partial charge in [0.2, 0.25) is 0 Å². The zero-order valence-corrected chi connectivity index (χ0v) is 15.6. The van der Waals surface area contributed by atoms with Crippen LogP contribution in [0.5, 0.6) is 0 Å². The number of alkyl halides is 1. The number of aromatic amines is 1. The summed E-state index contributed by atoms with van der Waals surface area (Å²) in [6.07, 6.45) is 1.70. The van der Waals surface area contributed by atoms with Gasteiger partial charge < -0.3 is 9.72 Å². The monoisotopic (exact) mass is 389 g/mol. The molecule has 1 aliphatic heterocycles. The fourth-order valence-corrected chi connectivity index (χ4v) is 4.01. The summed E-state index contributed by atoms with van der Waals surface area (Å²) in [5, 5.41) is -1.35. The van der Waals surface area contributed by atoms with Gasteiger partial charge in [-0.2, -0.15) is 0 Å². The van der Waals surface area contributed by atoms with Gasteiger partial charge in [0.05, 0.1) is 19.5 Å². The largest absolute Gasteiger partial charge is 0.379 e. The molecule has 3 heterocycles. The third-order valence-corrected chi connectivity index (χ3v) is 5.48. The molecule has 0 radical (unpaired) electrons. The molecule has 0 bridgehead atoms. The number of nitrogens with zero attached hydrogens (tertiary/aromatic N) is 4. The van der Waals surface area contributed by atoms with Crippen LogP contribution in [0.15, 0.2) is 46.2 Å². The molecule has 9 heteroatoms. The molecular weight excluding hydrogens is 370 g/mol. The van der Waals surface area contributed by atoms with Crippen LogP contribution in [0.25, 0.3) is 11.2 Å². The van der Waals surface area contributed by atoms with Gasteiger partial charge in [0.15, 0.2) is 10.8 Å². The molecule has 1 saturated heterocycles. The molecule has 4 rings (SSSR count). The van der Waals surface area contributed by atoms with E-state index >= 15 is 0 Å². The Morgan fingerprint density at radius 1 is 1.22 bits per heavy atom. The highest BCUT2D eigenvalue weighted by molar-refractivity contribution is 6.21. The van der Waals surface area contributed by atoms with Crippen LogP contribution in [0.3, 0.4) is 0 Å². The molecule has 0 amide bonds. The molecule has 27 heavy (non-hydrogen) atoms. The van der Waals surface area contributed by atoms with Crippen LogP contribution in [0.2, 0.25) is 0 Å². The van der Waals surface area contributed by atoms with Crippen LogP contribution in [0.1, 0.15) is 5.56 Å². The van der Waals surface area contributed by atoms with Gasteiger partial charge in [-0.25, -0.2) is 14.3 Å². The normalized spacial score (nSPS) is 17.9. The number of aryl methyl sites for hydroxylation is 1. The zero-order valence-electron chi connectivity index (χ0n) is 14.9. The van der Waals surface area contributed by atoms with Gasteiger partial charge in [-0.15, -0.1) is 0 Å². The van der Waals surface area contributed by atoms with Crippen molar-refractivity contribution in [3.8, 4) is 0 Å². The van der Waals surface area contributed by atoms with Crippen molar-refractivity contribution in [2.24, 2.45) is 7.05 Å². The smallest absolute Gasteiger partial charge is 0.335 e. The summed E-state index contributed by atoms with van der Waals surface area (Å²) < 4.78 is 7.91. The van der Waals surface area contributed by atoms with E-state index in [0.717, 1.165) is 10.1 Å². The number of imidazole rings is 1. The van der Waals surface area contributed by atoms with Crippen LogP contribution in [0.4, 0.5) is 0 Å². The Balaban J connectivity index is 1.95. The second kappa shape index (κ2) is 6.95. The Kier molecular flexibility index (Phi) is 4.63. The van der Waals surface area contributed by atoms with Crippen molar-refractivity contribution in [1.29, 1.82) is 0 Å². The highest BCUT2D eigenvalue weighted by Gasteiger charge is 2.41. The molecule has 2 aromatic heterocycles. The van der Waals surface area contributed by atoms with Gasteiger partial charge in [-0.1, -0.05) is 41.9 Å². The average molecular weight is 390 g/mol. The lowest BCUT2D eigenvalue weighted by molar-refractivity contribution is -0.0221. The van der Waals surface area contributed by atoms with Crippen molar-refractivity contribution in [2.75, 3.05) is 26.3 Å². The molecule has 1 atom stereocenters. The van der Waals surface area contributed by atoms with Crippen molar-refractivity contribution in [3.05, 3.63) is 63.1 Å². The van der Waals surface area contributed by atoms with Gasteiger partial charge in [0.25, 0.3) is 5.56 Å². The first kappa shape index (κ1) is 18.0. The highest BCUT2D eigenvalue weighted by Crippen LogP contribution is 2.30. The molecule has 1 aromatic carbocycles. The summed E-state index contributed by atoms with van der Waals surface area (Å²) in [6.45, 7) is 2.02. The number of fused-ring (bicyclic) bond motifs is 1. The van der Waals surface area contributed by atoms with Crippen molar-refractivity contribution < 1.29 is 4.74 Å². The maximum Gasteiger partial charge on any atom is 0.335 e. The van der Waals surface area contributed by atoms with Gasteiger partial charge in [-0.05, 0) is 5.56 Å². The second-order valence-electron chi connectivity index (χ2n) is 6.56. The molecule has 3 aromatic rings. The predicted molar refractivity (Wildman–Crippen MR) is 102 cm³/mol. The molecule has 1 N–H and O–H groups in total. The minimum absolute atomic E-state index is 0.253. The number of ether oxygens (including phenoxy) is 1. The van der Waals surface area contributed by atoms with E-state index < -0.39 is 16.4 Å². The first-order valence-corrected chi connectivity index (χ1v) is 9.11. The molecular formula is C18H20ClN5O3. The lowest BCUT2D eigenvalue weighted by Gasteiger charge is -2.41. The van der Waals surface area contributed by atoms with E-state index in [9.17, 15) is 9.59 Å². The number of rotatable bonds is 4. The Morgan fingerprint density at radius 3 is 2.63 bits per heavy atom. The lowest BCUT2D eigenvalue weighted by atomic mass is 10.1. The number of morpholine rings is 1. The summed E-state index contributed by atoms with van der Waals surface area (Å²) in [5.74, 6) is 0. The number of aromatic nitrogens is 4. The van der Waals surface area contributed by atoms with E-state index in [1.165, 1.54) is 10.9 Å². The number of hydrogen-bond acceptors (Lipinski definition) is 5. The first-order chi connectivity index (χ1) is 13.0. The second-order valence-corrected chi connectivity index (χ2v) is 7.17. The Bertz CT molecular complexity index is 1070. The van der Waals surface area contributed by atoms with E-state index in [0.29, 0.717) is 38.4 Å². The zero-order chi connectivity index (χ0) is 19.0. The SMILES string of the molecule is Cn1c(=O)n(C(Cl)(Cc2ccccc2)N2CCOCC2)c(=O)c2[nH]cnc21. The number of benzene rings is 1. The van der Waals surface area contributed by atoms with E-state index in [4.69, 9.17) is 16.3 Å². The summed E-state index contributed by atoms with van der Waals surface area (Å²) in [6, 6.07) is 9.59. The van der Waals surface area contributed by atoms with E-state index in [1.807, 2.05) is 35.2 Å². The van der Waals surface area contributed by atoms with Crippen molar-refractivity contribution in [3.63, 3.8) is 0 Å². The fourth-order valence-electron chi connectivity index (χ4n) is 3.53. The van der Waals surface area contributed by atoms with Gasteiger partial charge in [0.1, 0.15) is 5.52 Å². The van der Waals surface area contributed by atoms with Gasteiger partial charge in [0, 0.05) is 26.6 Å².